The third kappa shape index (κ3) is 3.05. The minimum atomic E-state index is 0.435. The molecule has 15 heavy (non-hydrogen) atoms. The van der Waals surface area contributed by atoms with Crippen LogP contribution in [0.25, 0.3) is 0 Å². The first kappa shape index (κ1) is 11.2. The number of rotatable bonds is 2. The van der Waals surface area contributed by atoms with E-state index in [-0.39, 0.29) is 0 Å². The van der Waals surface area contributed by atoms with Crippen LogP contribution in [0.2, 0.25) is 10.3 Å². The average molecular weight is 245 g/mol. The lowest BCUT2D eigenvalue weighted by Gasteiger charge is -2.21. The zero-order valence-electron chi connectivity index (χ0n) is 8.55. The molecule has 0 spiro atoms. The van der Waals surface area contributed by atoms with Gasteiger partial charge in [0.2, 0.25) is 0 Å². The molecule has 0 aliphatic heterocycles. The van der Waals surface area contributed by atoms with E-state index in [1.807, 2.05) is 6.07 Å². The molecular weight excluding hydrogens is 231 g/mol. The van der Waals surface area contributed by atoms with Gasteiger partial charge in [-0.05, 0) is 24.0 Å². The number of halogens is 2. The molecule has 0 N–H and O–H groups in total. The highest BCUT2D eigenvalue weighted by Crippen LogP contribution is 2.29. The second-order valence-corrected chi connectivity index (χ2v) is 4.94. The lowest BCUT2D eigenvalue weighted by atomic mass is 9.85. The average Bonchev–Trinajstić information content (AvgIpc) is 2.25. The van der Waals surface area contributed by atoms with E-state index in [2.05, 4.69) is 10.2 Å². The molecule has 2 nitrogen and oxygen atoms in total. The topological polar surface area (TPSA) is 25.8 Å². The van der Waals surface area contributed by atoms with Crippen molar-refractivity contribution in [1.29, 1.82) is 0 Å². The number of nitrogens with zero attached hydrogens (tertiary/aromatic N) is 2. The Bertz CT molecular complexity index is 335. The molecule has 1 aromatic heterocycles. The van der Waals surface area contributed by atoms with E-state index < -0.39 is 0 Å². The van der Waals surface area contributed by atoms with Crippen molar-refractivity contribution < 1.29 is 0 Å². The summed E-state index contributed by atoms with van der Waals surface area (Å²) in [6.45, 7) is 0. The van der Waals surface area contributed by atoms with E-state index in [1.54, 1.807) is 0 Å². The van der Waals surface area contributed by atoms with Gasteiger partial charge in [0.05, 0.1) is 0 Å². The quantitative estimate of drug-likeness (QED) is 0.789. The summed E-state index contributed by atoms with van der Waals surface area (Å²) in [7, 11) is 0. The van der Waals surface area contributed by atoms with Gasteiger partial charge in [-0.2, -0.15) is 0 Å². The number of hydrogen-bond acceptors (Lipinski definition) is 2. The van der Waals surface area contributed by atoms with Crippen LogP contribution < -0.4 is 0 Å². The highest BCUT2D eigenvalue weighted by Gasteiger charge is 2.16. The predicted octanol–water partition coefficient (Wildman–Crippen LogP) is 3.91. The molecule has 0 atom stereocenters. The van der Waals surface area contributed by atoms with Crippen molar-refractivity contribution in [2.75, 3.05) is 0 Å². The lowest BCUT2D eigenvalue weighted by molar-refractivity contribution is 0.356. The molecule has 1 fully saturated rings. The van der Waals surface area contributed by atoms with Crippen LogP contribution in [-0.4, -0.2) is 10.2 Å². The Kier molecular flexibility index (Phi) is 3.81. The molecule has 82 valence electrons. The fourth-order valence-electron chi connectivity index (χ4n) is 2.23. The van der Waals surface area contributed by atoms with Gasteiger partial charge in [0, 0.05) is 0 Å². The zero-order valence-corrected chi connectivity index (χ0v) is 10.1. The van der Waals surface area contributed by atoms with E-state index in [4.69, 9.17) is 23.2 Å². The Morgan fingerprint density at radius 2 is 1.87 bits per heavy atom. The van der Waals surface area contributed by atoms with Crippen LogP contribution >= 0.6 is 23.2 Å². The van der Waals surface area contributed by atoms with E-state index in [0.29, 0.717) is 10.3 Å². The minimum Gasteiger partial charge on any atom is -0.137 e. The van der Waals surface area contributed by atoms with Crippen LogP contribution in [0, 0.1) is 5.92 Å². The Labute approximate surface area is 100.0 Å². The highest BCUT2D eigenvalue weighted by molar-refractivity contribution is 6.31. The van der Waals surface area contributed by atoms with Crippen LogP contribution in [0.3, 0.4) is 0 Å². The maximum absolute atomic E-state index is 5.98. The summed E-state index contributed by atoms with van der Waals surface area (Å²) in [5, 5.41) is 8.48. The zero-order chi connectivity index (χ0) is 10.7. The normalized spacial score (nSPS) is 18.0. The summed E-state index contributed by atoms with van der Waals surface area (Å²) in [5.74, 6) is 0.747. The summed E-state index contributed by atoms with van der Waals surface area (Å²) in [6, 6.07) is 1.84. The van der Waals surface area contributed by atoms with E-state index in [1.165, 1.54) is 32.1 Å². The van der Waals surface area contributed by atoms with Crippen molar-refractivity contribution in [3.8, 4) is 0 Å². The van der Waals surface area contributed by atoms with Gasteiger partial charge in [-0.25, -0.2) is 0 Å². The Morgan fingerprint density at radius 1 is 1.13 bits per heavy atom. The van der Waals surface area contributed by atoms with Crippen LogP contribution in [0.4, 0.5) is 0 Å². The molecule has 0 radical (unpaired) electrons. The van der Waals surface area contributed by atoms with Crippen LogP contribution in [-0.2, 0) is 6.42 Å². The molecule has 1 aliphatic carbocycles. The van der Waals surface area contributed by atoms with Gasteiger partial charge in [-0.3, -0.25) is 0 Å². The monoisotopic (exact) mass is 244 g/mol. The van der Waals surface area contributed by atoms with Crippen molar-refractivity contribution in [3.63, 3.8) is 0 Å². The fraction of sp³-hybridized carbons (Fsp3) is 0.636. The Morgan fingerprint density at radius 3 is 2.60 bits per heavy atom. The fourth-order valence-corrected chi connectivity index (χ4v) is 2.57. The predicted molar refractivity (Wildman–Crippen MR) is 62.3 cm³/mol. The van der Waals surface area contributed by atoms with Crippen molar-refractivity contribution >= 4 is 23.2 Å². The van der Waals surface area contributed by atoms with E-state index in [0.717, 1.165) is 17.9 Å². The van der Waals surface area contributed by atoms with Gasteiger partial charge < -0.3 is 0 Å². The van der Waals surface area contributed by atoms with Gasteiger partial charge in [-0.1, -0.05) is 55.3 Å². The van der Waals surface area contributed by atoms with Gasteiger partial charge in [0.1, 0.15) is 0 Å². The van der Waals surface area contributed by atoms with Crippen LogP contribution in [0.15, 0.2) is 6.07 Å². The molecule has 2 rings (SSSR count). The largest absolute Gasteiger partial charge is 0.155 e. The molecule has 0 saturated heterocycles. The van der Waals surface area contributed by atoms with Gasteiger partial charge in [-0.15, -0.1) is 10.2 Å². The molecule has 1 saturated carbocycles. The van der Waals surface area contributed by atoms with Crippen LogP contribution in [0.5, 0.6) is 0 Å². The minimum absolute atomic E-state index is 0.435. The lowest BCUT2D eigenvalue weighted by Crippen LogP contribution is -2.10. The molecule has 0 aromatic carbocycles. The van der Waals surface area contributed by atoms with Crippen molar-refractivity contribution in [3.05, 3.63) is 21.9 Å². The molecule has 0 amide bonds. The molecule has 1 aromatic rings. The molecule has 4 heteroatoms. The summed E-state index contributed by atoms with van der Waals surface area (Å²) in [6.07, 6.45) is 7.66. The SMILES string of the molecule is Clc1cc(CC2CCCCC2)c(Cl)nn1. The first-order chi connectivity index (χ1) is 7.25. The second kappa shape index (κ2) is 5.13. The van der Waals surface area contributed by atoms with Crippen LogP contribution in [0.1, 0.15) is 37.7 Å². The standard InChI is InChI=1S/C11H14Cl2N2/c12-10-7-9(11(13)15-14-10)6-8-4-2-1-3-5-8/h7-8H,1-6H2. The van der Waals surface area contributed by atoms with Crippen molar-refractivity contribution in [2.24, 2.45) is 5.92 Å². The Hall–Kier alpha value is -0.340. The van der Waals surface area contributed by atoms with Gasteiger partial charge >= 0.3 is 0 Å². The summed E-state index contributed by atoms with van der Waals surface area (Å²) in [4.78, 5) is 0. The first-order valence-electron chi connectivity index (χ1n) is 5.43. The highest BCUT2D eigenvalue weighted by atomic mass is 35.5. The number of aromatic nitrogens is 2. The van der Waals surface area contributed by atoms with E-state index >= 15 is 0 Å². The molecule has 1 heterocycles. The molecule has 1 aliphatic rings. The Balaban J connectivity index is 2.05. The molecular formula is C11H14Cl2N2. The summed E-state index contributed by atoms with van der Waals surface area (Å²) < 4.78 is 0. The van der Waals surface area contributed by atoms with Gasteiger partial charge in [0.15, 0.2) is 10.3 Å². The summed E-state index contributed by atoms with van der Waals surface area (Å²) in [5.41, 5.74) is 1.04. The number of hydrogen-bond donors (Lipinski definition) is 0. The second-order valence-electron chi connectivity index (χ2n) is 4.19. The third-order valence-electron chi connectivity index (χ3n) is 3.02. The third-order valence-corrected chi connectivity index (χ3v) is 3.53. The maximum atomic E-state index is 5.98. The smallest absolute Gasteiger partial charge is 0.137 e. The van der Waals surface area contributed by atoms with Crippen molar-refractivity contribution in [2.45, 2.75) is 38.5 Å². The molecule has 0 bridgehead atoms. The van der Waals surface area contributed by atoms with E-state index in [9.17, 15) is 0 Å². The molecule has 0 unspecified atom stereocenters. The first-order valence-corrected chi connectivity index (χ1v) is 6.19. The summed E-state index contributed by atoms with van der Waals surface area (Å²) >= 11 is 11.8. The van der Waals surface area contributed by atoms with Gasteiger partial charge in [0.25, 0.3) is 0 Å². The maximum Gasteiger partial charge on any atom is 0.155 e. The van der Waals surface area contributed by atoms with Crippen molar-refractivity contribution in [1.82, 2.24) is 10.2 Å².